The van der Waals surface area contributed by atoms with Gasteiger partial charge in [0.1, 0.15) is 5.82 Å². The van der Waals surface area contributed by atoms with E-state index in [1.165, 1.54) is 12.1 Å². The van der Waals surface area contributed by atoms with Crippen molar-refractivity contribution in [1.82, 2.24) is 15.1 Å². The van der Waals surface area contributed by atoms with Crippen molar-refractivity contribution in [3.05, 3.63) is 71.9 Å². The molecule has 6 heteroatoms. The quantitative estimate of drug-likeness (QED) is 0.690. The number of hydrogen-bond acceptors (Lipinski definition) is 4. The van der Waals surface area contributed by atoms with E-state index >= 15 is 0 Å². The van der Waals surface area contributed by atoms with Gasteiger partial charge in [-0.05, 0) is 29.8 Å². The molecule has 0 saturated heterocycles. The van der Waals surface area contributed by atoms with E-state index in [4.69, 9.17) is 4.42 Å². The highest BCUT2D eigenvalue weighted by Gasteiger charge is 2.13. The SMILES string of the molecule is CN(Cc1ccccc1)C(=O)CCc1nnc(-c2ccc(F)cc2)o1. The first-order valence-electron chi connectivity index (χ1n) is 7.98. The average molecular weight is 339 g/mol. The highest BCUT2D eigenvalue weighted by atomic mass is 19.1. The Morgan fingerprint density at radius 2 is 1.80 bits per heavy atom. The summed E-state index contributed by atoms with van der Waals surface area (Å²) in [6.07, 6.45) is 0.653. The van der Waals surface area contributed by atoms with E-state index in [0.717, 1.165) is 5.56 Å². The number of nitrogens with zero attached hydrogens (tertiary/aromatic N) is 3. The molecule has 0 saturated carbocycles. The van der Waals surface area contributed by atoms with E-state index in [1.54, 1.807) is 24.1 Å². The number of aryl methyl sites for hydroxylation is 1. The van der Waals surface area contributed by atoms with Crippen LogP contribution in [0.15, 0.2) is 59.0 Å². The lowest BCUT2D eigenvalue weighted by Gasteiger charge is -2.16. The minimum absolute atomic E-state index is 0.00499. The van der Waals surface area contributed by atoms with Crippen LogP contribution in [-0.2, 0) is 17.8 Å². The molecule has 2 aromatic carbocycles. The monoisotopic (exact) mass is 339 g/mol. The van der Waals surface area contributed by atoms with Crippen LogP contribution in [0.4, 0.5) is 4.39 Å². The third-order valence-electron chi connectivity index (χ3n) is 3.80. The van der Waals surface area contributed by atoms with Crippen LogP contribution < -0.4 is 0 Å². The van der Waals surface area contributed by atoms with Gasteiger partial charge in [-0.2, -0.15) is 0 Å². The van der Waals surface area contributed by atoms with Crippen LogP contribution in [0.3, 0.4) is 0 Å². The van der Waals surface area contributed by atoms with Gasteiger partial charge in [-0.1, -0.05) is 30.3 Å². The molecule has 25 heavy (non-hydrogen) atoms. The minimum Gasteiger partial charge on any atom is -0.421 e. The van der Waals surface area contributed by atoms with E-state index in [2.05, 4.69) is 10.2 Å². The maximum atomic E-state index is 12.9. The van der Waals surface area contributed by atoms with Crippen molar-refractivity contribution >= 4 is 5.91 Å². The van der Waals surface area contributed by atoms with Gasteiger partial charge >= 0.3 is 0 Å². The molecular weight excluding hydrogens is 321 g/mol. The zero-order valence-corrected chi connectivity index (χ0v) is 13.9. The molecule has 5 nitrogen and oxygen atoms in total. The van der Waals surface area contributed by atoms with E-state index in [0.29, 0.717) is 30.3 Å². The van der Waals surface area contributed by atoms with Crippen LogP contribution >= 0.6 is 0 Å². The zero-order valence-electron chi connectivity index (χ0n) is 13.9. The van der Waals surface area contributed by atoms with Crippen LogP contribution in [-0.4, -0.2) is 28.1 Å². The standard InChI is InChI=1S/C19H18FN3O2/c1-23(13-14-5-3-2-4-6-14)18(24)12-11-17-21-22-19(25-17)15-7-9-16(20)10-8-15/h2-10H,11-13H2,1H3. The van der Waals surface area contributed by atoms with Crippen molar-refractivity contribution in [3.8, 4) is 11.5 Å². The Morgan fingerprint density at radius 3 is 2.52 bits per heavy atom. The van der Waals surface area contributed by atoms with Crippen molar-refractivity contribution in [2.45, 2.75) is 19.4 Å². The summed E-state index contributed by atoms with van der Waals surface area (Å²) in [5.41, 5.74) is 1.72. The van der Waals surface area contributed by atoms with Crippen molar-refractivity contribution in [1.29, 1.82) is 0 Å². The molecule has 0 aliphatic heterocycles. The molecule has 0 bridgehead atoms. The molecule has 0 unspecified atom stereocenters. The lowest BCUT2D eigenvalue weighted by Crippen LogP contribution is -2.26. The van der Waals surface area contributed by atoms with Crippen molar-refractivity contribution < 1.29 is 13.6 Å². The van der Waals surface area contributed by atoms with Gasteiger partial charge in [0.25, 0.3) is 0 Å². The van der Waals surface area contributed by atoms with Crippen LogP contribution in [0, 0.1) is 5.82 Å². The van der Waals surface area contributed by atoms with Crippen LogP contribution in [0.2, 0.25) is 0 Å². The Kier molecular flexibility index (Phi) is 5.18. The summed E-state index contributed by atoms with van der Waals surface area (Å²) in [6, 6.07) is 15.6. The molecule has 0 fully saturated rings. The normalized spacial score (nSPS) is 10.6. The molecule has 0 aliphatic carbocycles. The van der Waals surface area contributed by atoms with Crippen LogP contribution in [0.1, 0.15) is 17.9 Å². The van der Waals surface area contributed by atoms with E-state index in [9.17, 15) is 9.18 Å². The van der Waals surface area contributed by atoms with Crippen molar-refractivity contribution in [2.75, 3.05) is 7.05 Å². The number of halogens is 1. The Bertz CT molecular complexity index is 831. The maximum Gasteiger partial charge on any atom is 0.247 e. The minimum atomic E-state index is -0.324. The Labute approximate surface area is 145 Å². The van der Waals surface area contributed by atoms with Gasteiger partial charge in [0.15, 0.2) is 0 Å². The Morgan fingerprint density at radius 1 is 1.08 bits per heavy atom. The highest BCUT2D eigenvalue weighted by Crippen LogP contribution is 2.18. The largest absolute Gasteiger partial charge is 0.421 e. The predicted octanol–water partition coefficient (Wildman–Crippen LogP) is 3.47. The third-order valence-corrected chi connectivity index (χ3v) is 3.80. The molecule has 1 aromatic heterocycles. The fourth-order valence-electron chi connectivity index (χ4n) is 2.41. The van der Waals surface area contributed by atoms with E-state index in [1.807, 2.05) is 30.3 Å². The van der Waals surface area contributed by atoms with Gasteiger partial charge in [-0.15, -0.1) is 10.2 Å². The number of carbonyl (C=O) groups excluding carboxylic acids is 1. The zero-order chi connectivity index (χ0) is 17.6. The van der Waals surface area contributed by atoms with Crippen molar-refractivity contribution in [2.24, 2.45) is 0 Å². The lowest BCUT2D eigenvalue weighted by molar-refractivity contribution is -0.130. The first-order valence-corrected chi connectivity index (χ1v) is 7.98. The predicted molar refractivity (Wildman–Crippen MR) is 90.9 cm³/mol. The number of benzene rings is 2. The molecule has 1 amide bonds. The van der Waals surface area contributed by atoms with E-state index in [-0.39, 0.29) is 18.1 Å². The van der Waals surface area contributed by atoms with E-state index < -0.39 is 0 Å². The summed E-state index contributed by atoms with van der Waals surface area (Å²) in [6.45, 7) is 0.560. The Hall–Kier alpha value is -3.02. The number of rotatable bonds is 6. The summed E-state index contributed by atoms with van der Waals surface area (Å²) in [7, 11) is 1.77. The highest BCUT2D eigenvalue weighted by molar-refractivity contribution is 5.76. The number of carbonyl (C=O) groups is 1. The Balaban J connectivity index is 1.54. The third kappa shape index (κ3) is 4.50. The van der Waals surface area contributed by atoms with Gasteiger partial charge < -0.3 is 9.32 Å². The summed E-state index contributed by atoms with van der Waals surface area (Å²) >= 11 is 0. The van der Waals surface area contributed by atoms with Crippen molar-refractivity contribution in [3.63, 3.8) is 0 Å². The molecule has 0 N–H and O–H groups in total. The molecule has 0 aliphatic rings. The van der Waals surface area contributed by atoms with Gasteiger partial charge in [-0.3, -0.25) is 4.79 Å². The number of amides is 1. The molecule has 3 aromatic rings. The molecule has 1 heterocycles. The first kappa shape index (κ1) is 16.8. The second-order valence-electron chi connectivity index (χ2n) is 5.74. The molecule has 3 rings (SSSR count). The molecule has 0 radical (unpaired) electrons. The van der Waals surface area contributed by atoms with Crippen LogP contribution in [0.25, 0.3) is 11.5 Å². The average Bonchev–Trinajstić information content (AvgIpc) is 3.10. The summed E-state index contributed by atoms with van der Waals surface area (Å²) < 4.78 is 18.5. The summed E-state index contributed by atoms with van der Waals surface area (Å²) in [4.78, 5) is 13.9. The maximum absolute atomic E-state index is 12.9. The second kappa shape index (κ2) is 7.70. The van der Waals surface area contributed by atoms with Gasteiger partial charge in [-0.25, -0.2) is 4.39 Å². The lowest BCUT2D eigenvalue weighted by atomic mass is 10.2. The van der Waals surface area contributed by atoms with Gasteiger partial charge in [0.05, 0.1) is 0 Å². The first-order chi connectivity index (χ1) is 12.1. The molecule has 0 spiro atoms. The number of aromatic nitrogens is 2. The van der Waals surface area contributed by atoms with Gasteiger partial charge in [0.2, 0.25) is 17.7 Å². The second-order valence-corrected chi connectivity index (χ2v) is 5.74. The molecule has 128 valence electrons. The molecule has 0 atom stereocenters. The smallest absolute Gasteiger partial charge is 0.247 e. The van der Waals surface area contributed by atoms with Gasteiger partial charge in [0, 0.05) is 32.0 Å². The summed E-state index contributed by atoms with van der Waals surface area (Å²) in [5.74, 6) is 0.391. The fraction of sp³-hybridized carbons (Fsp3) is 0.211. The fourth-order valence-corrected chi connectivity index (χ4v) is 2.41. The molecular formula is C19H18FN3O2. The number of hydrogen-bond donors (Lipinski definition) is 0. The van der Waals surface area contributed by atoms with Crippen LogP contribution in [0.5, 0.6) is 0 Å². The summed E-state index contributed by atoms with van der Waals surface area (Å²) in [5, 5.41) is 7.89. The topological polar surface area (TPSA) is 59.2 Å².